The number of piperidine rings is 1. The van der Waals surface area contributed by atoms with Crippen molar-refractivity contribution in [2.75, 3.05) is 26.7 Å². The summed E-state index contributed by atoms with van der Waals surface area (Å²) in [6, 6.07) is 0.199. The summed E-state index contributed by atoms with van der Waals surface area (Å²) < 4.78 is 27.8. The third-order valence-corrected chi connectivity index (χ3v) is 5.28. The molecule has 0 spiro atoms. The lowest BCUT2D eigenvalue weighted by molar-refractivity contribution is 0.238. The van der Waals surface area contributed by atoms with E-state index in [1.807, 2.05) is 0 Å². The predicted octanol–water partition coefficient (Wildman–Crippen LogP) is -0.0854. The van der Waals surface area contributed by atoms with Gasteiger partial charge in [-0.3, -0.25) is 0 Å². The third-order valence-electron chi connectivity index (χ3n) is 3.69. The SMILES string of the molecule is CNS(=O)(=O)N1CCCC1C1CCCNC1. The van der Waals surface area contributed by atoms with E-state index in [2.05, 4.69) is 10.0 Å². The molecule has 2 N–H and O–H groups in total. The molecule has 5 nitrogen and oxygen atoms in total. The summed E-state index contributed by atoms with van der Waals surface area (Å²) in [6.45, 7) is 2.70. The Morgan fingerprint density at radius 2 is 2.12 bits per heavy atom. The standard InChI is InChI=1S/C10H21N3O2S/c1-11-16(14,15)13-7-3-5-10(13)9-4-2-6-12-8-9/h9-12H,2-8H2,1H3. The molecule has 0 aromatic carbocycles. The van der Waals surface area contributed by atoms with Crippen LogP contribution in [0.25, 0.3) is 0 Å². The minimum atomic E-state index is -3.24. The fraction of sp³-hybridized carbons (Fsp3) is 1.00. The first kappa shape index (κ1) is 12.3. The highest BCUT2D eigenvalue weighted by molar-refractivity contribution is 7.87. The molecular formula is C10H21N3O2S. The van der Waals surface area contributed by atoms with E-state index in [0.29, 0.717) is 12.5 Å². The van der Waals surface area contributed by atoms with E-state index in [0.717, 1.165) is 38.8 Å². The van der Waals surface area contributed by atoms with Gasteiger partial charge in [0.05, 0.1) is 0 Å². The van der Waals surface area contributed by atoms with Crippen molar-refractivity contribution in [3.05, 3.63) is 0 Å². The van der Waals surface area contributed by atoms with Crippen molar-refractivity contribution in [2.45, 2.75) is 31.7 Å². The second kappa shape index (κ2) is 5.00. The largest absolute Gasteiger partial charge is 0.316 e. The van der Waals surface area contributed by atoms with Crippen molar-refractivity contribution in [1.29, 1.82) is 0 Å². The van der Waals surface area contributed by atoms with Gasteiger partial charge in [0.25, 0.3) is 10.2 Å². The highest BCUT2D eigenvalue weighted by Crippen LogP contribution is 2.29. The summed E-state index contributed by atoms with van der Waals surface area (Å²) in [5, 5.41) is 3.36. The molecule has 2 saturated heterocycles. The number of nitrogens with zero attached hydrogens (tertiary/aromatic N) is 1. The van der Waals surface area contributed by atoms with Crippen LogP contribution in [0.4, 0.5) is 0 Å². The van der Waals surface area contributed by atoms with Crippen LogP contribution in [0.3, 0.4) is 0 Å². The van der Waals surface area contributed by atoms with E-state index in [1.165, 1.54) is 7.05 Å². The van der Waals surface area contributed by atoms with Gasteiger partial charge in [-0.05, 0) is 44.7 Å². The van der Waals surface area contributed by atoms with E-state index in [-0.39, 0.29) is 6.04 Å². The van der Waals surface area contributed by atoms with Crippen LogP contribution in [0, 0.1) is 5.92 Å². The second-order valence-electron chi connectivity index (χ2n) is 4.64. The van der Waals surface area contributed by atoms with Gasteiger partial charge in [0, 0.05) is 19.6 Å². The topological polar surface area (TPSA) is 61.4 Å². The highest BCUT2D eigenvalue weighted by atomic mass is 32.2. The van der Waals surface area contributed by atoms with Crippen LogP contribution in [0.2, 0.25) is 0 Å². The zero-order chi connectivity index (χ0) is 11.6. The molecule has 2 heterocycles. The first-order chi connectivity index (χ1) is 7.65. The number of hydrogen-bond acceptors (Lipinski definition) is 3. The summed E-state index contributed by atoms with van der Waals surface area (Å²) in [5.41, 5.74) is 0. The molecule has 0 aromatic rings. The lowest BCUT2D eigenvalue weighted by Gasteiger charge is -2.33. The summed E-state index contributed by atoms with van der Waals surface area (Å²) in [4.78, 5) is 0. The van der Waals surface area contributed by atoms with Crippen LogP contribution in [-0.2, 0) is 10.2 Å². The van der Waals surface area contributed by atoms with E-state index >= 15 is 0 Å². The Hall–Kier alpha value is -0.170. The van der Waals surface area contributed by atoms with Gasteiger partial charge < -0.3 is 5.32 Å². The lowest BCUT2D eigenvalue weighted by atomic mass is 9.91. The summed E-state index contributed by atoms with van der Waals surface area (Å²) in [5.74, 6) is 0.486. The molecule has 94 valence electrons. The molecule has 0 aromatic heterocycles. The van der Waals surface area contributed by atoms with Gasteiger partial charge in [0.1, 0.15) is 0 Å². The Kier molecular flexibility index (Phi) is 3.84. The smallest absolute Gasteiger partial charge is 0.279 e. The van der Waals surface area contributed by atoms with Crippen molar-refractivity contribution in [3.8, 4) is 0 Å². The van der Waals surface area contributed by atoms with Gasteiger partial charge in [0.15, 0.2) is 0 Å². The van der Waals surface area contributed by atoms with E-state index in [9.17, 15) is 8.42 Å². The Labute approximate surface area is 97.8 Å². The molecule has 2 atom stereocenters. The van der Waals surface area contributed by atoms with E-state index < -0.39 is 10.2 Å². The van der Waals surface area contributed by atoms with Gasteiger partial charge in [0.2, 0.25) is 0 Å². The van der Waals surface area contributed by atoms with Crippen molar-refractivity contribution in [2.24, 2.45) is 5.92 Å². The van der Waals surface area contributed by atoms with Crippen LogP contribution < -0.4 is 10.0 Å². The van der Waals surface area contributed by atoms with Gasteiger partial charge in [-0.2, -0.15) is 12.7 Å². The molecule has 0 saturated carbocycles. The molecule has 2 aliphatic rings. The fourth-order valence-electron chi connectivity index (χ4n) is 2.86. The van der Waals surface area contributed by atoms with Gasteiger partial charge in [-0.15, -0.1) is 0 Å². The molecular weight excluding hydrogens is 226 g/mol. The minimum absolute atomic E-state index is 0.199. The van der Waals surface area contributed by atoms with Crippen LogP contribution in [0.15, 0.2) is 0 Å². The van der Waals surface area contributed by atoms with Gasteiger partial charge in [-0.25, -0.2) is 4.72 Å². The maximum Gasteiger partial charge on any atom is 0.279 e. The molecule has 2 aliphatic heterocycles. The van der Waals surface area contributed by atoms with Crippen molar-refractivity contribution in [3.63, 3.8) is 0 Å². The number of rotatable bonds is 3. The van der Waals surface area contributed by atoms with Gasteiger partial charge >= 0.3 is 0 Å². The third kappa shape index (κ3) is 2.40. The zero-order valence-corrected chi connectivity index (χ0v) is 10.6. The number of nitrogens with one attached hydrogen (secondary N) is 2. The lowest BCUT2D eigenvalue weighted by Crippen LogP contribution is -2.48. The van der Waals surface area contributed by atoms with E-state index in [4.69, 9.17) is 0 Å². The average Bonchev–Trinajstić information content (AvgIpc) is 2.80. The maximum atomic E-state index is 11.8. The molecule has 0 amide bonds. The Bertz CT molecular complexity index is 325. The number of hydrogen-bond donors (Lipinski definition) is 2. The van der Waals surface area contributed by atoms with E-state index in [1.54, 1.807) is 4.31 Å². The quantitative estimate of drug-likeness (QED) is 0.733. The fourth-order valence-corrected chi connectivity index (χ4v) is 4.10. The molecule has 2 fully saturated rings. The first-order valence-electron chi connectivity index (χ1n) is 6.06. The predicted molar refractivity (Wildman–Crippen MR) is 63.3 cm³/mol. The zero-order valence-electron chi connectivity index (χ0n) is 9.78. The minimum Gasteiger partial charge on any atom is -0.316 e. The van der Waals surface area contributed by atoms with Gasteiger partial charge in [-0.1, -0.05) is 0 Å². The van der Waals surface area contributed by atoms with Crippen LogP contribution >= 0.6 is 0 Å². The van der Waals surface area contributed by atoms with Crippen LogP contribution in [-0.4, -0.2) is 45.4 Å². The highest BCUT2D eigenvalue weighted by Gasteiger charge is 2.38. The normalized spacial score (nSPS) is 33.1. The molecule has 2 rings (SSSR count). The van der Waals surface area contributed by atoms with Crippen molar-refractivity contribution in [1.82, 2.24) is 14.3 Å². The van der Waals surface area contributed by atoms with Crippen LogP contribution in [0.1, 0.15) is 25.7 Å². The molecule has 16 heavy (non-hydrogen) atoms. The molecule has 0 radical (unpaired) electrons. The first-order valence-corrected chi connectivity index (χ1v) is 7.50. The summed E-state index contributed by atoms with van der Waals surface area (Å²) >= 11 is 0. The summed E-state index contributed by atoms with van der Waals surface area (Å²) in [7, 11) is -1.75. The summed E-state index contributed by atoms with van der Waals surface area (Å²) in [6.07, 6.45) is 4.30. The van der Waals surface area contributed by atoms with Crippen LogP contribution in [0.5, 0.6) is 0 Å². The van der Waals surface area contributed by atoms with Crippen molar-refractivity contribution >= 4 is 10.2 Å². The molecule has 0 aliphatic carbocycles. The molecule has 2 unspecified atom stereocenters. The Balaban J connectivity index is 2.08. The van der Waals surface area contributed by atoms with Crippen molar-refractivity contribution < 1.29 is 8.42 Å². The Morgan fingerprint density at radius 3 is 2.75 bits per heavy atom. The second-order valence-corrected chi connectivity index (χ2v) is 6.46. The molecule has 0 bridgehead atoms. The Morgan fingerprint density at radius 1 is 1.31 bits per heavy atom. The maximum absolute atomic E-state index is 11.8. The average molecular weight is 247 g/mol. The molecule has 6 heteroatoms. The monoisotopic (exact) mass is 247 g/mol.